The van der Waals surface area contributed by atoms with Gasteiger partial charge in [-0.05, 0) is 54.4 Å². The fourth-order valence-corrected chi connectivity index (χ4v) is 3.02. The van der Waals surface area contributed by atoms with E-state index in [4.69, 9.17) is 9.15 Å². The number of rotatable bonds is 7. The largest absolute Gasteiger partial charge is 0.484 e. The van der Waals surface area contributed by atoms with Gasteiger partial charge in [0.15, 0.2) is 12.2 Å². The third-order valence-electron chi connectivity index (χ3n) is 4.70. The Bertz CT molecular complexity index is 1230. The number of ether oxygens (including phenoxy) is 1. The third kappa shape index (κ3) is 4.69. The number of oxazole rings is 1. The highest BCUT2D eigenvalue weighted by Crippen LogP contribution is 2.26. The van der Waals surface area contributed by atoms with Crippen molar-refractivity contribution >= 4 is 28.4 Å². The predicted molar refractivity (Wildman–Crippen MR) is 116 cm³/mol. The second-order valence-corrected chi connectivity index (χ2v) is 6.84. The standard InChI is InChI=1S/C23H19N3O5/c1-2-15-3-5-16(6-4-15)23-25-20-13-17(7-12-21(20)31-23)24-22(27)14-30-19-10-8-18(9-11-19)26(28)29/h3-13H,2,14H2,1H3,(H,24,27). The van der Waals surface area contributed by atoms with E-state index in [-0.39, 0.29) is 18.2 Å². The van der Waals surface area contributed by atoms with Crippen LogP contribution in [0.25, 0.3) is 22.6 Å². The smallest absolute Gasteiger partial charge is 0.269 e. The van der Waals surface area contributed by atoms with Crippen molar-refractivity contribution in [3.63, 3.8) is 0 Å². The summed E-state index contributed by atoms with van der Waals surface area (Å²) in [7, 11) is 0. The minimum Gasteiger partial charge on any atom is -0.484 e. The number of hydrogen-bond donors (Lipinski definition) is 1. The van der Waals surface area contributed by atoms with Gasteiger partial charge in [-0.3, -0.25) is 14.9 Å². The molecule has 0 spiro atoms. The normalized spacial score (nSPS) is 10.7. The van der Waals surface area contributed by atoms with Crippen LogP contribution in [0, 0.1) is 10.1 Å². The molecule has 4 aromatic rings. The second kappa shape index (κ2) is 8.66. The van der Waals surface area contributed by atoms with Gasteiger partial charge in [0.25, 0.3) is 11.6 Å². The van der Waals surface area contributed by atoms with Crippen LogP contribution in [0.3, 0.4) is 0 Å². The van der Waals surface area contributed by atoms with E-state index in [0.717, 1.165) is 12.0 Å². The summed E-state index contributed by atoms with van der Waals surface area (Å²) in [5, 5.41) is 13.4. The van der Waals surface area contributed by atoms with E-state index in [1.807, 2.05) is 24.3 Å². The lowest BCUT2D eigenvalue weighted by atomic mass is 10.1. The Balaban J connectivity index is 1.40. The first kappa shape index (κ1) is 20.1. The molecule has 0 atom stereocenters. The Labute approximate surface area is 177 Å². The number of nitrogens with zero attached hydrogens (tertiary/aromatic N) is 2. The molecule has 0 saturated heterocycles. The maximum atomic E-state index is 12.2. The van der Waals surface area contributed by atoms with Crippen molar-refractivity contribution in [2.75, 3.05) is 11.9 Å². The van der Waals surface area contributed by atoms with E-state index in [1.165, 1.54) is 29.8 Å². The predicted octanol–water partition coefficient (Wildman–Crippen LogP) is 4.98. The number of benzene rings is 3. The number of carbonyl (C=O) groups is 1. The van der Waals surface area contributed by atoms with Crippen LogP contribution in [0.2, 0.25) is 0 Å². The molecule has 4 rings (SSSR count). The fraction of sp³-hybridized carbons (Fsp3) is 0.130. The number of nitrogens with one attached hydrogen (secondary N) is 1. The molecule has 1 N–H and O–H groups in total. The highest BCUT2D eigenvalue weighted by atomic mass is 16.6. The first-order valence-corrected chi connectivity index (χ1v) is 9.69. The number of anilines is 1. The van der Waals surface area contributed by atoms with Gasteiger partial charge in [-0.15, -0.1) is 0 Å². The Kier molecular flexibility index (Phi) is 5.61. The Morgan fingerprint density at radius 1 is 1.10 bits per heavy atom. The number of aromatic nitrogens is 1. The average Bonchev–Trinajstić information content (AvgIpc) is 3.21. The fourth-order valence-electron chi connectivity index (χ4n) is 3.02. The molecular formula is C23H19N3O5. The van der Waals surface area contributed by atoms with E-state index in [1.54, 1.807) is 18.2 Å². The van der Waals surface area contributed by atoms with Gasteiger partial charge in [-0.2, -0.15) is 0 Å². The molecule has 0 aliphatic heterocycles. The maximum Gasteiger partial charge on any atom is 0.269 e. The molecular weight excluding hydrogens is 398 g/mol. The van der Waals surface area contributed by atoms with E-state index in [9.17, 15) is 14.9 Å². The highest BCUT2D eigenvalue weighted by molar-refractivity contribution is 5.94. The van der Waals surface area contributed by atoms with Gasteiger partial charge in [0.1, 0.15) is 11.3 Å². The molecule has 0 aliphatic rings. The Morgan fingerprint density at radius 3 is 2.52 bits per heavy atom. The van der Waals surface area contributed by atoms with Crippen LogP contribution >= 0.6 is 0 Å². The van der Waals surface area contributed by atoms with Gasteiger partial charge in [0.2, 0.25) is 5.89 Å². The van der Waals surface area contributed by atoms with Crippen molar-refractivity contribution in [1.29, 1.82) is 0 Å². The third-order valence-corrected chi connectivity index (χ3v) is 4.70. The van der Waals surface area contributed by atoms with Gasteiger partial charge in [-0.25, -0.2) is 4.98 Å². The molecule has 1 heterocycles. The van der Waals surface area contributed by atoms with Crippen LogP contribution in [0.1, 0.15) is 12.5 Å². The Hall–Kier alpha value is -4.20. The molecule has 0 bridgehead atoms. The van der Waals surface area contributed by atoms with Crippen molar-refractivity contribution in [3.8, 4) is 17.2 Å². The number of hydrogen-bond acceptors (Lipinski definition) is 6. The number of carbonyl (C=O) groups excluding carboxylic acids is 1. The summed E-state index contributed by atoms with van der Waals surface area (Å²) >= 11 is 0. The molecule has 1 aromatic heterocycles. The van der Waals surface area contributed by atoms with Crippen LogP contribution in [-0.2, 0) is 11.2 Å². The minimum atomic E-state index is -0.498. The molecule has 0 fully saturated rings. The molecule has 8 nitrogen and oxygen atoms in total. The summed E-state index contributed by atoms with van der Waals surface area (Å²) in [6.45, 7) is 1.87. The first-order valence-electron chi connectivity index (χ1n) is 9.69. The molecule has 3 aromatic carbocycles. The van der Waals surface area contributed by atoms with Gasteiger partial charge in [-0.1, -0.05) is 19.1 Å². The van der Waals surface area contributed by atoms with Gasteiger partial charge in [0, 0.05) is 23.4 Å². The highest BCUT2D eigenvalue weighted by Gasteiger charge is 2.11. The summed E-state index contributed by atoms with van der Waals surface area (Å²) < 4.78 is 11.2. The minimum absolute atomic E-state index is 0.0432. The summed E-state index contributed by atoms with van der Waals surface area (Å²) in [5.74, 6) is 0.519. The van der Waals surface area contributed by atoms with E-state index < -0.39 is 4.92 Å². The van der Waals surface area contributed by atoms with E-state index in [2.05, 4.69) is 17.2 Å². The summed E-state index contributed by atoms with van der Waals surface area (Å²) in [4.78, 5) is 26.9. The Morgan fingerprint density at radius 2 is 1.84 bits per heavy atom. The maximum absolute atomic E-state index is 12.2. The van der Waals surface area contributed by atoms with E-state index >= 15 is 0 Å². The van der Waals surface area contributed by atoms with Crippen LogP contribution in [0.4, 0.5) is 11.4 Å². The zero-order chi connectivity index (χ0) is 21.8. The van der Waals surface area contributed by atoms with E-state index in [0.29, 0.717) is 28.4 Å². The molecule has 156 valence electrons. The molecule has 0 saturated carbocycles. The number of nitro groups is 1. The molecule has 0 aliphatic carbocycles. The van der Waals surface area contributed by atoms with Gasteiger partial charge in [0.05, 0.1) is 4.92 Å². The van der Waals surface area contributed by atoms with Crippen LogP contribution in [0.5, 0.6) is 5.75 Å². The lowest BCUT2D eigenvalue weighted by Gasteiger charge is -2.07. The quantitative estimate of drug-likeness (QED) is 0.335. The molecule has 1 amide bonds. The summed E-state index contributed by atoms with van der Waals surface area (Å²) in [6, 6.07) is 18.8. The summed E-state index contributed by atoms with van der Waals surface area (Å²) in [5.41, 5.74) is 3.89. The van der Waals surface area contributed by atoms with Gasteiger partial charge < -0.3 is 14.5 Å². The number of amides is 1. The topological polar surface area (TPSA) is 108 Å². The first-order chi connectivity index (χ1) is 15.0. The average molecular weight is 417 g/mol. The molecule has 31 heavy (non-hydrogen) atoms. The molecule has 8 heteroatoms. The number of fused-ring (bicyclic) bond motifs is 1. The van der Waals surface area contributed by atoms with Gasteiger partial charge >= 0.3 is 0 Å². The SMILES string of the molecule is CCc1ccc(-c2nc3cc(NC(=O)COc4ccc([N+](=O)[O-])cc4)ccc3o2)cc1. The van der Waals surface area contributed by atoms with Crippen LogP contribution in [0.15, 0.2) is 71.1 Å². The lowest BCUT2D eigenvalue weighted by Crippen LogP contribution is -2.20. The number of nitro benzene ring substituents is 1. The number of aryl methyl sites for hydroxylation is 1. The number of non-ortho nitro benzene ring substituents is 1. The lowest BCUT2D eigenvalue weighted by molar-refractivity contribution is -0.384. The van der Waals surface area contributed by atoms with Crippen molar-refractivity contribution < 1.29 is 18.9 Å². The molecule has 0 unspecified atom stereocenters. The van der Waals surface area contributed by atoms with Crippen molar-refractivity contribution in [3.05, 3.63) is 82.4 Å². The monoisotopic (exact) mass is 417 g/mol. The van der Waals surface area contributed by atoms with Crippen LogP contribution in [-0.4, -0.2) is 22.4 Å². The van der Waals surface area contributed by atoms with Crippen molar-refractivity contribution in [2.45, 2.75) is 13.3 Å². The zero-order valence-corrected chi connectivity index (χ0v) is 16.7. The van der Waals surface area contributed by atoms with Crippen LogP contribution < -0.4 is 10.1 Å². The molecule has 0 radical (unpaired) electrons. The summed E-state index contributed by atoms with van der Waals surface area (Å²) in [6.07, 6.45) is 0.963. The zero-order valence-electron chi connectivity index (χ0n) is 16.7. The van der Waals surface area contributed by atoms with Crippen molar-refractivity contribution in [1.82, 2.24) is 4.98 Å². The van der Waals surface area contributed by atoms with Crippen molar-refractivity contribution in [2.24, 2.45) is 0 Å². The second-order valence-electron chi connectivity index (χ2n) is 6.84.